The van der Waals surface area contributed by atoms with Crippen molar-refractivity contribution in [3.63, 3.8) is 0 Å². The van der Waals surface area contributed by atoms with Crippen molar-refractivity contribution in [1.29, 1.82) is 0 Å². The highest BCUT2D eigenvalue weighted by Gasteiger charge is 2.56. The van der Waals surface area contributed by atoms with Crippen LogP contribution in [0.1, 0.15) is 52.9 Å². The summed E-state index contributed by atoms with van der Waals surface area (Å²) in [5.41, 5.74) is -0.377. The number of carbonyl (C=O) groups excluding carboxylic acids is 1. The average Bonchev–Trinajstić information content (AvgIpc) is 2.56. The molecule has 1 fully saturated rings. The van der Waals surface area contributed by atoms with E-state index in [9.17, 15) is 19.4 Å². The van der Waals surface area contributed by atoms with Crippen LogP contribution < -0.4 is 0 Å². The van der Waals surface area contributed by atoms with Crippen LogP contribution >= 0.6 is 8.03 Å². The van der Waals surface area contributed by atoms with E-state index >= 15 is 0 Å². The summed E-state index contributed by atoms with van der Waals surface area (Å²) < 4.78 is 11.2. The second-order valence-electron chi connectivity index (χ2n) is 5.95. The van der Waals surface area contributed by atoms with Crippen LogP contribution in [0.5, 0.6) is 0 Å². The predicted octanol–water partition coefficient (Wildman–Crippen LogP) is 2.61. The lowest BCUT2D eigenvalue weighted by molar-refractivity contribution is -0.126. The molecular formula is C12H22O4P+. The number of hydrogen-bond acceptors (Lipinski definition) is 3. The van der Waals surface area contributed by atoms with Crippen LogP contribution in [0, 0.1) is 11.3 Å². The van der Waals surface area contributed by atoms with Crippen molar-refractivity contribution in [2.45, 2.75) is 58.2 Å². The van der Waals surface area contributed by atoms with E-state index in [1.807, 2.05) is 20.8 Å². The van der Waals surface area contributed by atoms with Crippen molar-refractivity contribution >= 4 is 13.8 Å². The van der Waals surface area contributed by atoms with E-state index < -0.39 is 13.4 Å². The minimum atomic E-state index is -2.59. The first kappa shape index (κ1) is 14.7. The van der Waals surface area contributed by atoms with Gasteiger partial charge in [-0.1, -0.05) is 20.8 Å². The highest BCUT2D eigenvalue weighted by atomic mass is 31.1. The van der Waals surface area contributed by atoms with Gasteiger partial charge in [-0.05, 0) is 23.8 Å². The van der Waals surface area contributed by atoms with Gasteiger partial charge >= 0.3 is 8.03 Å². The van der Waals surface area contributed by atoms with Gasteiger partial charge in [-0.25, -0.2) is 0 Å². The van der Waals surface area contributed by atoms with Gasteiger partial charge in [0.15, 0.2) is 0 Å². The van der Waals surface area contributed by atoms with Gasteiger partial charge in [0.1, 0.15) is 5.78 Å². The SMILES string of the molecule is CC(C)(C)C(=O)CCC1CCCC1(O)[P+](=O)O. The Kier molecular flexibility index (Phi) is 4.45. The molecule has 3 unspecified atom stereocenters. The molecule has 1 rings (SSSR count). The maximum absolute atomic E-state index is 11.8. The molecule has 0 aromatic carbocycles. The summed E-state index contributed by atoms with van der Waals surface area (Å²) >= 11 is 0. The number of rotatable bonds is 4. The largest absolute Gasteiger partial charge is 0.541 e. The highest BCUT2D eigenvalue weighted by molar-refractivity contribution is 7.39. The Hall–Kier alpha value is -0.310. The van der Waals surface area contributed by atoms with E-state index in [2.05, 4.69) is 0 Å². The van der Waals surface area contributed by atoms with Crippen molar-refractivity contribution in [3.05, 3.63) is 0 Å². The first-order valence-corrected chi connectivity index (χ1v) is 7.31. The van der Waals surface area contributed by atoms with Crippen LogP contribution in [0.25, 0.3) is 0 Å². The molecule has 3 atom stereocenters. The van der Waals surface area contributed by atoms with Gasteiger partial charge in [-0.3, -0.25) is 4.79 Å². The molecule has 0 radical (unpaired) electrons. The van der Waals surface area contributed by atoms with E-state index in [0.717, 1.165) is 12.8 Å². The van der Waals surface area contributed by atoms with E-state index in [-0.39, 0.29) is 17.1 Å². The van der Waals surface area contributed by atoms with Crippen molar-refractivity contribution in [2.24, 2.45) is 11.3 Å². The van der Waals surface area contributed by atoms with Gasteiger partial charge < -0.3 is 5.11 Å². The van der Waals surface area contributed by atoms with Crippen LogP contribution in [-0.4, -0.2) is 21.1 Å². The zero-order chi connectivity index (χ0) is 13.3. The lowest BCUT2D eigenvalue weighted by Gasteiger charge is -2.20. The first-order chi connectivity index (χ1) is 7.68. The molecule has 2 N–H and O–H groups in total. The van der Waals surface area contributed by atoms with Crippen LogP contribution in [0.2, 0.25) is 0 Å². The molecule has 0 bridgehead atoms. The Morgan fingerprint density at radius 3 is 2.53 bits per heavy atom. The molecule has 0 heterocycles. The summed E-state index contributed by atoms with van der Waals surface area (Å²) in [4.78, 5) is 21.0. The van der Waals surface area contributed by atoms with Gasteiger partial charge in [0, 0.05) is 24.2 Å². The van der Waals surface area contributed by atoms with E-state index in [1.54, 1.807) is 0 Å². The molecule has 98 valence electrons. The monoisotopic (exact) mass is 261 g/mol. The molecule has 5 heteroatoms. The quantitative estimate of drug-likeness (QED) is 0.763. The van der Waals surface area contributed by atoms with E-state index in [1.165, 1.54) is 0 Å². The third-order valence-corrected chi connectivity index (χ3v) is 4.89. The van der Waals surface area contributed by atoms with Crippen LogP contribution in [-0.2, 0) is 9.36 Å². The Morgan fingerprint density at radius 2 is 2.06 bits per heavy atom. The Bertz CT molecular complexity index is 321. The van der Waals surface area contributed by atoms with Crippen molar-refractivity contribution in [2.75, 3.05) is 0 Å². The molecule has 0 spiro atoms. The van der Waals surface area contributed by atoms with E-state index in [0.29, 0.717) is 19.3 Å². The summed E-state index contributed by atoms with van der Waals surface area (Å²) in [5.74, 6) is -0.0812. The molecule has 1 saturated carbocycles. The maximum atomic E-state index is 11.8. The molecule has 17 heavy (non-hydrogen) atoms. The van der Waals surface area contributed by atoms with Crippen LogP contribution in [0.15, 0.2) is 0 Å². The van der Waals surface area contributed by atoms with Crippen LogP contribution in [0.3, 0.4) is 0 Å². The lowest BCUT2D eigenvalue weighted by Crippen LogP contribution is -2.30. The molecular weight excluding hydrogens is 239 g/mol. The molecule has 4 nitrogen and oxygen atoms in total. The topological polar surface area (TPSA) is 74.6 Å². The molecule has 0 aromatic rings. The van der Waals surface area contributed by atoms with E-state index in [4.69, 9.17) is 0 Å². The smallest absolute Gasteiger partial charge is 0.346 e. The summed E-state index contributed by atoms with van der Waals surface area (Å²) in [6.07, 6.45) is 2.74. The molecule has 0 aliphatic heterocycles. The molecule has 0 aromatic heterocycles. The number of aliphatic hydroxyl groups is 1. The summed E-state index contributed by atoms with van der Waals surface area (Å²) in [6, 6.07) is 0. The summed E-state index contributed by atoms with van der Waals surface area (Å²) in [6.45, 7) is 5.59. The fourth-order valence-corrected chi connectivity index (χ4v) is 3.27. The van der Waals surface area contributed by atoms with Crippen LogP contribution in [0.4, 0.5) is 0 Å². The normalized spacial score (nSPS) is 30.4. The zero-order valence-corrected chi connectivity index (χ0v) is 11.7. The Morgan fingerprint density at radius 1 is 1.47 bits per heavy atom. The van der Waals surface area contributed by atoms with Gasteiger partial charge in [-0.15, -0.1) is 0 Å². The summed E-state index contributed by atoms with van der Waals surface area (Å²) in [7, 11) is -2.59. The fraction of sp³-hybridized carbons (Fsp3) is 0.917. The number of ketones is 1. The lowest BCUT2D eigenvalue weighted by atomic mass is 9.85. The average molecular weight is 261 g/mol. The predicted molar refractivity (Wildman–Crippen MR) is 65.8 cm³/mol. The van der Waals surface area contributed by atoms with Gasteiger partial charge in [0.25, 0.3) is 5.34 Å². The Labute approximate surface area is 103 Å². The standard InChI is InChI=1S/C12H21O4P/c1-11(2,3)10(13)7-6-9-5-4-8-12(9,14)17(15)16/h9,14H,4-8H2,1-3H3/p+1. The summed E-state index contributed by atoms with van der Waals surface area (Å²) in [5, 5.41) is 8.63. The van der Waals surface area contributed by atoms with Gasteiger partial charge in [-0.2, -0.15) is 4.89 Å². The maximum Gasteiger partial charge on any atom is 0.541 e. The van der Waals surface area contributed by atoms with Crippen molar-refractivity contribution in [1.82, 2.24) is 0 Å². The third-order valence-electron chi connectivity index (χ3n) is 3.64. The van der Waals surface area contributed by atoms with Gasteiger partial charge in [0.2, 0.25) is 0 Å². The van der Waals surface area contributed by atoms with Crippen molar-refractivity contribution < 1.29 is 19.4 Å². The molecule has 0 saturated heterocycles. The van der Waals surface area contributed by atoms with Gasteiger partial charge in [0.05, 0.1) is 0 Å². The molecule has 1 aliphatic carbocycles. The first-order valence-electron chi connectivity index (χ1n) is 6.10. The molecule has 0 amide bonds. The zero-order valence-electron chi connectivity index (χ0n) is 10.8. The highest BCUT2D eigenvalue weighted by Crippen LogP contribution is 2.51. The molecule has 1 aliphatic rings. The third kappa shape index (κ3) is 3.34. The minimum Gasteiger partial charge on any atom is -0.346 e. The number of hydrogen-bond donors (Lipinski definition) is 2. The van der Waals surface area contributed by atoms with Crippen molar-refractivity contribution in [3.8, 4) is 0 Å². The number of carbonyl (C=O) groups is 1. The second kappa shape index (κ2) is 5.13. The number of Topliss-reactive ketones (excluding diaryl/α,β-unsaturated/α-hetero) is 1. The minimum absolute atomic E-state index is 0.139. The second-order valence-corrected chi connectivity index (χ2v) is 7.27. The fourth-order valence-electron chi connectivity index (χ4n) is 2.35. The Balaban J connectivity index is 2.58.